The van der Waals surface area contributed by atoms with Crippen LogP contribution in [0.2, 0.25) is 0 Å². The first kappa shape index (κ1) is 14.6. The van der Waals surface area contributed by atoms with Gasteiger partial charge in [-0.3, -0.25) is 4.99 Å². The molecule has 5 heteroatoms. The number of rotatable bonds is 4. The zero-order chi connectivity index (χ0) is 15.2. The molecule has 0 fully saturated rings. The van der Waals surface area contributed by atoms with Crippen LogP contribution in [0.4, 0.5) is 5.69 Å². The molecule has 2 aromatic rings. The number of carbonyl (C=O) groups is 1. The number of benzene rings is 2. The summed E-state index contributed by atoms with van der Waals surface area (Å²) in [5.41, 5.74) is 6.22. The minimum atomic E-state index is -0.521. The molecule has 21 heavy (non-hydrogen) atoms. The predicted molar refractivity (Wildman–Crippen MR) is 82.7 cm³/mol. The fraction of sp³-hybridized carbons (Fsp3) is 0.125. The maximum absolute atomic E-state index is 11.6. The minimum Gasteiger partial charge on any atom is -0.508 e. The molecule has 2 rings (SSSR count). The molecule has 2 aromatic carbocycles. The quantitative estimate of drug-likeness (QED) is 0.513. The van der Waals surface area contributed by atoms with E-state index in [2.05, 4.69) is 4.99 Å². The van der Waals surface area contributed by atoms with E-state index in [9.17, 15) is 9.90 Å². The van der Waals surface area contributed by atoms with Gasteiger partial charge < -0.3 is 15.6 Å². The van der Waals surface area contributed by atoms with Crippen LogP contribution in [0.3, 0.4) is 0 Å². The summed E-state index contributed by atoms with van der Waals surface area (Å²) in [6, 6.07) is 10.6. The van der Waals surface area contributed by atoms with Crippen LogP contribution in [-0.2, 0) is 9.53 Å². The molecule has 0 aliphatic rings. The average molecular weight is 284 g/mol. The van der Waals surface area contributed by atoms with Crippen molar-refractivity contribution in [3.63, 3.8) is 0 Å². The highest BCUT2D eigenvalue weighted by molar-refractivity contribution is 6.10. The van der Waals surface area contributed by atoms with Crippen molar-refractivity contribution < 1.29 is 14.6 Å². The second kappa shape index (κ2) is 6.56. The van der Waals surface area contributed by atoms with Gasteiger partial charge in [-0.1, -0.05) is 18.2 Å². The largest absolute Gasteiger partial charge is 0.508 e. The van der Waals surface area contributed by atoms with Crippen molar-refractivity contribution in [3.05, 3.63) is 48.2 Å². The second-order valence-electron chi connectivity index (χ2n) is 4.28. The molecule has 0 aromatic heterocycles. The summed E-state index contributed by atoms with van der Waals surface area (Å²) in [6.07, 6.45) is 2.51. The molecule has 0 unspecified atom stereocenters. The fourth-order valence-corrected chi connectivity index (χ4v) is 1.87. The van der Waals surface area contributed by atoms with Crippen LogP contribution in [0.1, 0.15) is 6.92 Å². The van der Waals surface area contributed by atoms with Crippen LogP contribution in [0.25, 0.3) is 10.8 Å². The summed E-state index contributed by atoms with van der Waals surface area (Å²) in [5, 5.41) is 11.3. The van der Waals surface area contributed by atoms with E-state index >= 15 is 0 Å². The molecule has 0 radical (unpaired) electrons. The zero-order valence-electron chi connectivity index (χ0n) is 11.6. The highest BCUT2D eigenvalue weighted by Crippen LogP contribution is 2.28. The molecule has 0 spiro atoms. The number of nitrogens with zero attached hydrogens (tertiary/aromatic N) is 1. The summed E-state index contributed by atoms with van der Waals surface area (Å²) in [6.45, 7) is 1.99. The second-order valence-corrected chi connectivity index (χ2v) is 4.28. The van der Waals surface area contributed by atoms with Crippen molar-refractivity contribution in [2.45, 2.75) is 6.92 Å². The smallest absolute Gasteiger partial charge is 0.341 e. The number of nitrogens with two attached hydrogens (primary N) is 1. The standard InChI is InChI=1S/C16H16N2O3/c1-2-21-16(20)12(9-17)10-18-15-5-3-4-11-6-7-13(19)8-14(11)15/h3-10,19H,2,17H2,1H3. The van der Waals surface area contributed by atoms with Gasteiger partial charge in [0.2, 0.25) is 0 Å². The summed E-state index contributed by atoms with van der Waals surface area (Å²) in [5.74, 6) is -0.364. The maximum atomic E-state index is 11.6. The predicted octanol–water partition coefficient (Wildman–Crippen LogP) is 2.65. The number of phenols is 1. The number of aliphatic imine (C=N–C) groups is 1. The Morgan fingerprint density at radius 1 is 1.38 bits per heavy atom. The highest BCUT2D eigenvalue weighted by atomic mass is 16.5. The molecule has 0 bridgehead atoms. The first-order chi connectivity index (χ1) is 10.2. The van der Waals surface area contributed by atoms with E-state index in [1.807, 2.05) is 12.1 Å². The van der Waals surface area contributed by atoms with Gasteiger partial charge in [0.1, 0.15) is 5.75 Å². The molecule has 0 saturated heterocycles. The van der Waals surface area contributed by atoms with Gasteiger partial charge in [0.25, 0.3) is 0 Å². The van der Waals surface area contributed by atoms with Crippen LogP contribution in [0, 0.1) is 0 Å². The number of aromatic hydroxyl groups is 1. The van der Waals surface area contributed by atoms with Crippen LogP contribution in [0.15, 0.2) is 53.2 Å². The lowest BCUT2D eigenvalue weighted by Crippen LogP contribution is -2.10. The van der Waals surface area contributed by atoms with Gasteiger partial charge in [-0.15, -0.1) is 0 Å². The Bertz CT molecular complexity index is 721. The van der Waals surface area contributed by atoms with Gasteiger partial charge in [-0.05, 0) is 30.5 Å². The monoisotopic (exact) mass is 284 g/mol. The third-order valence-corrected chi connectivity index (χ3v) is 2.88. The van der Waals surface area contributed by atoms with E-state index in [-0.39, 0.29) is 17.9 Å². The Morgan fingerprint density at radius 2 is 2.19 bits per heavy atom. The van der Waals surface area contributed by atoms with E-state index in [1.165, 1.54) is 6.21 Å². The molecule has 5 nitrogen and oxygen atoms in total. The Balaban J connectivity index is 2.37. The highest BCUT2D eigenvalue weighted by Gasteiger charge is 2.07. The van der Waals surface area contributed by atoms with Crippen molar-refractivity contribution in [1.29, 1.82) is 0 Å². The van der Waals surface area contributed by atoms with Gasteiger partial charge >= 0.3 is 5.97 Å². The molecule has 0 saturated carbocycles. The number of hydrogen-bond acceptors (Lipinski definition) is 5. The third-order valence-electron chi connectivity index (χ3n) is 2.88. The van der Waals surface area contributed by atoms with Gasteiger partial charge in [0.05, 0.1) is 17.9 Å². The first-order valence-electron chi connectivity index (χ1n) is 6.50. The number of hydrogen-bond donors (Lipinski definition) is 2. The fourth-order valence-electron chi connectivity index (χ4n) is 1.87. The molecule has 0 aliphatic heterocycles. The molecule has 3 N–H and O–H groups in total. The summed E-state index contributed by atoms with van der Waals surface area (Å²) in [4.78, 5) is 15.9. The lowest BCUT2D eigenvalue weighted by molar-refractivity contribution is -0.137. The third kappa shape index (κ3) is 3.39. The van der Waals surface area contributed by atoms with E-state index in [0.717, 1.165) is 17.0 Å². The van der Waals surface area contributed by atoms with Crippen LogP contribution >= 0.6 is 0 Å². The number of ether oxygens (including phenoxy) is 1. The maximum Gasteiger partial charge on any atom is 0.341 e. The summed E-state index contributed by atoms with van der Waals surface area (Å²) in [7, 11) is 0. The van der Waals surface area contributed by atoms with Crippen molar-refractivity contribution >= 4 is 28.6 Å². The summed E-state index contributed by atoms with van der Waals surface area (Å²) < 4.78 is 4.87. The zero-order valence-corrected chi connectivity index (χ0v) is 11.6. The molecular weight excluding hydrogens is 268 g/mol. The first-order valence-corrected chi connectivity index (χ1v) is 6.50. The van der Waals surface area contributed by atoms with E-state index in [1.54, 1.807) is 31.2 Å². The summed E-state index contributed by atoms with van der Waals surface area (Å²) >= 11 is 0. The molecule has 0 atom stereocenters. The topological polar surface area (TPSA) is 84.9 Å². The number of esters is 1. The minimum absolute atomic E-state index is 0.158. The molecule has 108 valence electrons. The molecular formula is C16H16N2O3. The average Bonchev–Trinajstić information content (AvgIpc) is 2.48. The Kier molecular flexibility index (Phi) is 4.56. The lowest BCUT2D eigenvalue weighted by Gasteiger charge is -2.04. The van der Waals surface area contributed by atoms with Gasteiger partial charge in [-0.2, -0.15) is 0 Å². The Labute approximate surface area is 122 Å². The SMILES string of the molecule is CCOC(=O)C(C=Nc1cccc2ccc(O)cc12)=CN. The van der Waals surface area contributed by atoms with Crippen LogP contribution in [-0.4, -0.2) is 23.9 Å². The van der Waals surface area contributed by atoms with Crippen molar-refractivity contribution in [2.75, 3.05) is 6.61 Å². The Hall–Kier alpha value is -2.82. The van der Waals surface area contributed by atoms with E-state index in [4.69, 9.17) is 10.5 Å². The van der Waals surface area contributed by atoms with Crippen molar-refractivity contribution in [1.82, 2.24) is 0 Å². The van der Waals surface area contributed by atoms with Crippen molar-refractivity contribution in [3.8, 4) is 5.75 Å². The van der Waals surface area contributed by atoms with Gasteiger partial charge in [-0.25, -0.2) is 4.79 Å². The number of phenolic OH excluding ortho intramolecular Hbond substituents is 1. The number of carbonyl (C=O) groups excluding carboxylic acids is 1. The molecule has 0 aliphatic carbocycles. The van der Waals surface area contributed by atoms with Crippen LogP contribution in [0.5, 0.6) is 5.75 Å². The normalized spacial score (nSPS) is 12.0. The molecule has 0 heterocycles. The number of fused-ring (bicyclic) bond motifs is 1. The van der Waals surface area contributed by atoms with Gasteiger partial charge in [0.15, 0.2) is 0 Å². The van der Waals surface area contributed by atoms with E-state index < -0.39 is 5.97 Å². The lowest BCUT2D eigenvalue weighted by atomic mass is 10.1. The van der Waals surface area contributed by atoms with Crippen molar-refractivity contribution in [2.24, 2.45) is 10.7 Å². The van der Waals surface area contributed by atoms with Gasteiger partial charge in [0, 0.05) is 17.8 Å². The molecule has 0 amide bonds. The van der Waals surface area contributed by atoms with Crippen LogP contribution < -0.4 is 5.73 Å². The Morgan fingerprint density at radius 3 is 2.90 bits per heavy atom. The van der Waals surface area contributed by atoms with E-state index in [0.29, 0.717) is 5.69 Å².